The van der Waals surface area contributed by atoms with Crippen LogP contribution in [-0.4, -0.2) is 17.9 Å². The van der Waals surface area contributed by atoms with Gasteiger partial charge in [-0.05, 0) is 35.2 Å². The second kappa shape index (κ2) is 9.27. The van der Waals surface area contributed by atoms with E-state index >= 15 is 0 Å². The maximum absolute atomic E-state index is 11.8. The standard InChI is InChI=1S/C17H18ClN2O2.H2O/c18-15-7-3-13(4-8-15)11-16(21)20-10-9-12-1-5-14(6-2-12)17(19)22;/h1-8,17H,9-11,19H2,(H,20,21);1H2/q-1;/p-1. The van der Waals surface area contributed by atoms with Crippen LogP contribution in [0.25, 0.3) is 0 Å². The molecule has 23 heavy (non-hydrogen) atoms. The molecule has 0 spiro atoms. The zero-order valence-electron chi connectivity index (χ0n) is 12.5. The van der Waals surface area contributed by atoms with Crippen LogP contribution in [0.3, 0.4) is 0 Å². The van der Waals surface area contributed by atoms with Gasteiger partial charge >= 0.3 is 0 Å². The number of nitrogens with one attached hydrogen (secondary N) is 1. The van der Waals surface area contributed by atoms with Gasteiger partial charge in [-0.3, -0.25) is 4.79 Å². The zero-order valence-corrected chi connectivity index (χ0v) is 13.3. The fourth-order valence-electron chi connectivity index (χ4n) is 2.07. The molecule has 0 aliphatic rings. The Labute approximate surface area is 140 Å². The van der Waals surface area contributed by atoms with Crippen LogP contribution in [0, 0.1) is 0 Å². The van der Waals surface area contributed by atoms with E-state index in [1.165, 1.54) is 0 Å². The van der Waals surface area contributed by atoms with Crippen molar-refractivity contribution in [3.63, 3.8) is 0 Å². The lowest BCUT2D eigenvalue weighted by atomic mass is 10.1. The maximum atomic E-state index is 11.8. The van der Waals surface area contributed by atoms with Crippen molar-refractivity contribution in [3.05, 3.63) is 70.2 Å². The molecule has 124 valence electrons. The molecule has 2 aromatic rings. The molecule has 0 fully saturated rings. The average Bonchev–Trinajstić information content (AvgIpc) is 2.50. The lowest BCUT2D eigenvalue weighted by molar-refractivity contribution is -0.424. The molecule has 0 aromatic heterocycles. The number of hydrogen-bond acceptors (Lipinski definition) is 4. The van der Waals surface area contributed by atoms with Crippen molar-refractivity contribution in [2.24, 2.45) is 5.73 Å². The molecule has 0 saturated carbocycles. The Balaban J connectivity index is 0.00000264. The van der Waals surface area contributed by atoms with Gasteiger partial charge in [0.25, 0.3) is 0 Å². The molecular weight excluding hydrogens is 316 g/mol. The van der Waals surface area contributed by atoms with Gasteiger partial charge in [-0.1, -0.05) is 54.2 Å². The monoisotopic (exact) mass is 334 g/mol. The SMILES string of the molecule is NC([O-])c1ccc(CCNC(=O)Cc2ccc(Cl)cc2)cc1.[OH-]. The summed E-state index contributed by atoms with van der Waals surface area (Å²) in [6, 6.07) is 14.4. The van der Waals surface area contributed by atoms with Crippen LogP contribution in [0.4, 0.5) is 0 Å². The van der Waals surface area contributed by atoms with Gasteiger partial charge < -0.3 is 21.6 Å². The highest BCUT2D eigenvalue weighted by molar-refractivity contribution is 6.30. The van der Waals surface area contributed by atoms with E-state index < -0.39 is 6.23 Å². The van der Waals surface area contributed by atoms with Crippen molar-refractivity contribution in [2.45, 2.75) is 19.1 Å². The highest BCUT2D eigenvalue weighted by Gasteiger charge is 2.03. The fraction of sp³-hybridized carbons (Fsp3) is 0.235. The normalized spacial score (nSPS) is 11.4. The molecule has 1 unspecified atom stereocenters. The van der Waals surface area contributed by atoms with Crippen LogP contribution in [0.15, 0.2) is 48.5 Å². The summed E-state index contributed by atoms with van der Waals surface area (Å²) in [6.07, 6.45) is -0.157. The van der Waals surface area contributed by atoms with Crippen molar-refractivity contribution in [2.75, 3.05) is 6.54 Å². The van der Waals surface area contributed by atoms with Gasteiger partial charge in [0, 0.05) is 11.6 Å². The van der Waals surface area contributed by atoms with E-state index in [-0.39, 0.29) is 11.4 Å². The first-order valence-electron chi connectivity index (χ1n) is 7.06. The first kappa shape index (κ1) is 19.1. The second-order valence-electron chi connectivity index (χ2n) is 5.07. The predicted octanol–water partition coefficient (Wildman–Crippen LogP) is 1.38. The van der Waals surface area contributed by atoms with Gasteiger partial charge in [-0.15, -0.1) is 0 Å². The maximum Gasteiger partial charge on any atom is 0.224 e. The van der Waals surface area contributed by atoms with Crippen LogP contribution in [0.1, 0.15) is 22.9 Å². The van der Waals surface area contributed by atoms with Gasteiger partial charge in [0.2, 0.25) is 5.91 Å². The second-order valence-corrected chi connectivity index (χ2v) is 5.50. The third-order valence-electron chi connectivity index (χ3n) is 3.32. The molecule has 5 nitrogen and oxygen atoms in total. The van der Waals surface area contributed by atoms with Crippen molar-refractivity contribution < 1.29 is 15.4 Å². The molecule has 0 aliphatic carbocycles. The molecule has 0 bridgehead atoms. The zero-order chi connectivity index (χ0) is 15.9. The van der Waals surface area contributed by atoms with Crippen molar-refractivity contribution in [1.82, 2.24) is 5.32 Å². The van der Waals surface area contributed by atoms with Crippen molar-refractivity contribution in [1.29, 1.82) is 0 Å². The minimum absolute atomic E-state index is 0. The summed E-state index contributed by atoms with van der Waals surface area (Å²) in [5, 5.41) is 14.6. The van der Waals surface area contributed by atoms with E-state index in [4.69, 9.17) is 17.3 Å². The lowest BCUT2D eigenvalue weighted by Gasteiger charge is -2.16. The number of halogens is 1. The fourth-order valence-corrected chi connectivity index (χ4v) is 2.20. The molecule has 6 heteroatoms. The van der Waals surface area contributed by atoms with Crippen molar-refractivity contribution >= 4 is 17.5 Å². The number of carbonyl (C=O) groups is 1. The Morgan fingerprint density at radius 1 is 1.09 bits per heavy atom. The Hall–Kier alpha value is -1.92. The minimum atomic E-state index is -1.20. The molecular formula is C17H19ClN2O3-2. The predicted molar refractivity (Wildman–Crippen MR) is 87.2 cm³/mol. The van der Waals surface area contributed by atoms with Gasteiger partial charge in [0.05, 0.1) is 6.42 Å². The van der Waals surface area contributed by atoms with Crippen LogP contribution in [-0.2, 0) is 17.6 Å². The number of benzene rings is 2. The lowest BCUT2D eigenvalue weighted by Crippen LogP contribution is -2.27. The topological polar surface area (TPSA) is 108 Å². The Morgan fingerprint density at radius 2 is 1.65 bits per heavy atom. The molecule has 1 atom stereocenters. The van der Waals surface area contributed by atoms with E-state index in [2.05, 4.69) is 5.32 Å². The summed E-state index contributed by atoms with van der Waals surface area (Å²) in [4.78, 5) is 11.8. The number of rotatable bonds is 6. The highest BCUT2D eigenvalue weighted by atomic mass is 35.5. The first-order valence-corrected chi connectivity index (χ1v) is 7.44. The van der Waals surface area contributed by atoms with Gasteiger partial charge in [0.15, 0.2) is 0 Å². The van der Waals surface area contributed by atoms with Crippen molar-refractivity contribution in [3.8, 4) is 0 Å². The van der Waals surface area contributed by atoms with Gasteiger partial charge in [-0.25, -0.2) is 0 Å². The van der Waals surface area contributed by atoms with Gasteiger partial charge in [-0.2, -0.15) is 0 Å². The van der Waals surface area contributed by atoms with E-state index in [9.17, 15) is 9.90 Å². The van der Waals surface area contributed by atoms with E-state index in [1.807, 2.05) is 24.3 Å². The third kappa shape index (κ3) is 6.38. The van der Waals surface area contributed by atoms with Crippen LogP contribution >= 0.6 is 11.6 Å². The molecule has 2 rings (SSSR count). The molecule has 0 saturated heterocycles. The van der Waals surface area contributed by atoms with Crippen LogP contribution in [0.5, 0.6) is 0 Å². The average molecular weight is 335 g/mol. The smallest absolute Gasteiger partial charge is 0.224 e. The Morgan fingerprint density at radius 3 is 2.22 bits per heavy atom. The number of hydrogen-bond donors (Lipinski definition) is 2. The Bertz CT molecular complexity index is 613. The number of carbonyl (C=O) groups excluding carboxylic acids is 1. The van der Waals surface area contributed by atoms with Crippen LogP contribution in [0.2, 0.25) is 5.02 Å². The summed E-state index contributed by atoms with van der Waals surface area (Å²) in [5.74, 6) is -0.0273. The molecule has 0 heterocycles. The Kier molecular flexibility index (Phi) is 7.71. The van der Waals surface area contributed by atoms with E-state index in [0.29, 0.717) is 30.0 Å². The summed E-state index contributed by atoms with van der Waals surface area (Å²) in [7, 11) is 0. The number of amides is 1. The molecule has 2 aromatic carbocycles. The summed E-state index contributed by atoms with van der Waals surface area (Å²) in [5.41, 5.74) is 7.81. The minimum Gasteiger partial charge on any atom is -0.870 e. The first-order chi connectivity index (χ1) is 10.5. The summed E-state index contributed by atoms with van der Waals surface area (Å²) >= 11 is 5.80. The summed E-state index contributed by atoms with van der Waals surface area (Å²) in [6.45, 7) is 0.551. The van der Waals surface area contributed by atoms with E-state index in [0.717, 1.165) is 11.1 Å². The molecule has 1 amide bonds. The van der Waals surface area contributed by atoms with Gasteiger partial charge in [0.1, 0.15) is 0 Å². The third-order valence-corrected chi connectivity index (χ3v) is 3.57. The number of nitrogens with two attached hydrogens (primary N) is 1. The van der Waals surface area contributed by atoms with Crippen LogP contribution < -0.4 is 16.2 Å². The summed E-state index contributed by atoms with van der Waals surface area (Å²) < 4.78 is 0. The van der Waals surface area contributed by atoms with E-state index in [1.54, 1.807) is 24.3 Å². The largest absolute Gasteiger partial charge is 0.870 e. The highest BCUT2D eigenvalue weighted by Crippen LogP contribution is 2.10. The molecule has 0 aliphatic heterocycles. The molecule has 0 radical (unpaired) electrons. The quantitative estimate of drug-likeness (QED) is 0.778. The molecule has 4 N–H and O–H groups in total.